The summed E-state index contributed by atoms with van der Waals surface area (Å²) in [4.78, 5) is 35.8. The zero-order valence-corrected chi connectivity index (χ0v) is 13.1. The van der Waals surface area contributed by atoms with Crippen molar-refractivity contribution in [1.82, 2.24) is 5.43 Å². The van der Waals surface area contributed by atoms with Gasteiger partial charge in [-0.05, 0) is 25.1 Å². The van der Waals surface area contributed by atoms with Gasteiger partial charge < -0.3 is 10.1 Å². The minimum absolute atomic E-state index is 0.0638. The van der Waals surface area contributed by atoms with Gasteiger partial charge >= 0.3 is 12.1 Å². The van der Waals surface area contributed by atoms with Crippen LogP contribution < -0.4 is 16.6 Å². The Morgan fingerprint density at radius 1 is 1.16 bits per heavy atom. The van der Waals surface area contributed by atoms with Crippen LogP contribution in [-0.4, -0.2) is 24.4 Å². The van der Waals surface area contributed by atoms with Gasteiger partial charge in [0.05, 0.1) is 29.9 Å². The van der Waals surface area contributed by atoms with E-state index in [2.05, 4.69) is 5.32 Å². The molecule has 1 aromatic carbocycles. The fourth-order valence-electron chi connectivity index (χ4n) is 2.59. The molecule has 3 atom stereocenters. The predicted molar refractivity (Wildman–Crippen MR) is 79.5 cm³/mol. The van der Waals surface area contributed by atoms with Gasteiger partial charge in [-0.3, -0.25) is 19.8 Å². The van der Waals surface area contributed by atoms with Crippen LogP contribution in [0.15, 0.2) is 24.3 Å². The van der Waals surface area contributed by atoms with Crippen LogP contribution >= 0.6 is 0 Å². The van der Waals surface area contributed by atoms with Crippen molar-refractivity contribution in [3.05, 3.63) is 29.8 Å². The second-order valence-corrected chi connectivity index (χ2v) is 5.41. The molecule has 1 aromatic rings. The van der Waals surface area contributed by atoms with Gasteiger partial charge in [-0.15, -0.1) is 0 Å². The Balaban J connectivity index is 2.14. The molecule has 7 nitrogen and oxygen atoms in total. The molecule has 1 saturated carbocycles. The number of halogens is 3. The maximum Gasteiger partial charge on any atom is 0.416 e. The lowest BCUT2D eigenvalue weighted by molar-refractivity contribution is -0.146. The Kier molecular flexibility index (Phi) is 5.31. The van der Waals surface area contributed by atoms with Crippen molar-refractivity contribution in [3.63, 3.8) is 0 Å². The van der Waals surface area contributed by atoms with E-state index in [1.165, 1.54) is 6.07 Å². The van der Waals surface area contributed by atoms with Crippen LogP contribution in [0.4, 0.5) is 18.9 Å². The standard InChI is InChI=1S/C15H16F3N3O4/c1-2-25-14(24)11-9(10(11)13(23)21-19)12(22)20-8-5-3-4-7(6-8)15(16,17)18/h3-6,9-11H,2,19H2,1H3,(H,20,22)(H,21,23)/t9-,10-,11+/m1/s1. The van der Waals surface area contributed by atoms with E-state index >= 15 is 0 Å². The summed E-state index contributed by atoms with van der Waals surface area (Å²) in [5, 5.41) is 2.28. The van der Waals surface area contributed by atoms with Crippen LogP contribution in [0.3, 0.4) is 0 Å². The monoisotopic (exact) mass is 359 g/mol. The zero-order valence-electron chi connectivity index (χ0n) is 13.1. The summed E-state index contributed by atoms with van der Waals surface area (Å²) >= 11 is 0. The molecule has 0 unspecified atom stereocenters. The summed E-state index contributed by atoms with van der Waals surface area (Å²) in [5.74, 6) is -0.287. The van der Waals surface area contributed by atoms with Crippen LogP contribution in [0.5, 0.6) is 0 Å². The van der Waals surface area contributed by atoms with E-state index in [9.17, 15) is 27.6 Å². The fraction of sp³-hybridized carbons (Fsp3) is 0.400. The number of benzene rings is 1. The van der Waals surface area contributed by atoms with E-state index < -0.39 is 47.3 Å². The zero-order chi connectivity index (χ0) is 18.8. The van der Waals surface area contributed by atoms with Gasteiger partial charge in [0.1, 0.15) is 0 Å². The van der Waals surface area contributed by atoms with E-state index in [1.807, 2.05) is 5.43 Å². The number of carbonyl (C=O) groups is 3. The van der Waals surface area contributed by atoms with Gasteiger partial charge in [0, 0.05) is 5.69 Å². The number of hydrogen-bond donors (Lipinski definition) is 3. The highest BCUT2D eigenvalue weighted by atomic mass is 19.4. The first-order valence-corrected chi connectivity index (χ1v) is 7.36. The summed E-state index contributed by atoms with van der Waals surface area (Å²) in [6.07, 6.45) is -4.56. The van der Waals surface area contributed by atoms with Gasteiger partial charge in [0.25, 0.3) is 0 Å². The maximum atomic E-state index is 12.7. The number of amides is 2. The molecule has 10 heteroatoms. The molecule has 1 fully saturated rings. The van der Waals surface area contributed by atoms with Crippen LogP contribution in [0.2, 0.25) is 0 Å². The second-order valence-electron chi connectivity index (χ2n) is 5.41. The first-order valence-electron chi connectivity index (χ1n) is 7.36. The molecule has 25 heavy (non-hydrogen) atoms. The van der Waals surface area contributed by atoms with Crippen molar-refractivity contribution in [2.75, 3.05) is 11.9 Å². The highest BCUT2D eigenvalue weighted by molar-refractivity contribution is 6.05. The molecule has 0 heterocycles. The number of rotatable bonds is 5. The van der Waals surface area contributed by atoms with Crippen LogP contribution in [0.1, 0.15) is 12.5 Å². The molecule has 1 aliphatic carbocycles. The number of esters is 1. The number of hydrogen-bond acceptors (Lipinski definition) is 5. The van der Waals surface area contributed by atoms with Crippen LogP contribution in [-0.2, 0) is 25.3 Å². The van der Waals surface area contributed by atoms with Crippen molar-refractivity contribution in [2.24, 2.45) is 23.6 Å². The summed E-state index contributed by atoms with van der Waals surface area (Å²) < 4.78 is 42.9. The minimum Gasteiger partial charge on any atom is -0.466 e. The lowest BCUT2D eigenvalue weighted by Crippen LogP contribution is -2.33. The van der Waals surface area contributed by atoms with Crippen LogP contribution in [0, 0.1) is 17.8 Å². The molecule has 4 N–H and O–H groups in total. The molecule has 0 spiro atoms. The lowest BCUT2D eigenvalue weighted by atomic mass is 10.2. The molecular weight excluding hydrogens is 343 g/mol. The van der Waals surface area contributed by atoms with E-state index in [0.717, 1.165) is 18.2 Å². The highest BCUT2D eigenvalue weighted by Crippen LogP contribution is 2.48. The van der Waals surface area contributed by atoms with E-state index in [4.69, 9.17) is 10.6 Å². The number of hydrazine groups is 1. The van der Waals surface area contributed by atoms with E-state index in [1.54, 1.807) is 6.92 Å². The third-order valence-corrected chi connectivity index (χ3v) is 3.78. The Hall–Kier alpha value is -2.62. The molecule has 2 amide bonds. The lowest BCUT2D eigenvalue weighted by Gasteiger charge is -2.10. The van der Waals surface area contributed by atoms with Crippen molar-refractivity contribution in [1.29, 1.82) is 0 Å². The quantitative estimate of drug-likeness (QED) is 0.315. The molecule has 0 saturated heterocycles. The summed E-state index contributed by atoms with van der Waals surface area (Å²) in [5.41, 5.74) is 0.829. The molecule has 0 aromatic heterocycles. The summed E-state index contributed by atoms with van der Waals surface area (Å²) in [7, 11) is 0. The number of anilines is 1. The fourth-order valence-corrected chi connectivity index (χ4v) is 2.59. The van der Waals surface area contributed by atoms with E-state index in [-0.39, 0.29) is 12.3 Å². The SMILES string of the molecule is CCOC(=O)[C@@H]1[C@H](C(=O)NN)[C@H]1C(=O)Nc1cccc(C(F)(F)F)c1. The number of nitrogens with one attached hydrogen (secondary N) is 2. The largest absolute Gasteiger partial charge is 0.466 e. The topological polar surface area (TPSA) is 111 Å². The highest BCUT2D eigenvalue weighted by Gasteiger charge is 2.63. The molecule has 2 rings (SSSR count). The van der Waals surface area contributed by atoms with Gasteiger partial charge in [-0.1, -0.05) is 6.07 Å². The van der Waals surface area contributed by atoms with Crippen LogP contribution in [0.25, 0.3) is 0 Å². The normalized spacial score (nSPS) is 22.0. The number of nitrogens with two attached hydrogens (primary N) is 1. The molecule has 1 aliphatic rings. The van der Waals surface area contributed by atoms with E-state index in [0.29, 0.717) is 0 Å². The molecular formula is C15H16F3N3O4. The van der Waals surface area contributed by atoms with Gasteiger partial charge in [0.15, 0.2) is 0 Å². The average molecular weight is 359 g/mol. The Bertz CT molecular complexity index is 693. The summed E-state index contributed by atoms with van der Waals surface area (Å²) in [6, 6.07) is 4.03. The third-order valence-electron chi connectivity index (χ3n) is 3.78. The average Bonchev–Trinajstić information content (AvgIpc) is 3.29. The molecule has 136 valence electrons. The molecule has 0 radical (unpaired) electrons. The smallest absolute Gasteiger partial charge is 0.416 e. The molecule has 0 bridgehead atoms. The first kappa shape index (κ1) is 18.7. The van der Waals surface area contributed by atoms with Crippen molar-refractivity contribution in [3.8, 4) is 0 Å². The molecule has 0 aliphatic heterocycles. The van der Waals surface area contributed by atoms with Gasteiger partial charge in [-0.25, -0.2) is 5.84 Å². The third kappa shape index (κ3) is 4.08. The maximum absolute atomic E-state index is 12.7. The van der Waals surface area contributed by atoms with Crippen molar-refractivity contribution in [2.45, 2.75) is 13.1 Å². The van der Waals surface area contributed by atoms with Crippen molar-refractivity contribution >= 4 is 23.5 Å². The Labute approximate surface area is 140 Å². The van der Waals surface area contributed by atoms with Gasteiger partial charge in [-0.2, -0.15) is 13.2 Å². The van der Waals surface area contributed by atoms with Crippen molar-refractivity contribution < 1.29 is 32.3 Å². The number of carbonyl (C=O) groups excluding carboxylic acids is 3. The minimum atomic E-state index is -4.56. The number of alkyl halides is 3. The summed E-state index contributed by atoms with van der Waals surface area (Å²) in [6.45, 7) is 1.63. The van der Waals surface area contributed by atoms with Gasteiger partial charge in [0.2, 0.25) is 11.8 Å². The predicted octanol–water partition coefficient (Wildman–Crippen LogP) is 1.06. The second kappa shape index (κ2) is 7.09. The first-order chi connectivity index (χ1) is 11.7. The Morgan fingerprint density at radius 3 is 2.36 bits per heavy atom. The Morgan fingerprint density at radius 2 is 1.80 bits per heavy atom. The number of ether oxygens (including phenoxy) is 1.